The van der Waals surface area contributed by atoms with Crippen molar-refractivity contribution in [2.24, 2.45) is 5.73 Å². The molecule has 2 aromatic carbocycles. The maximum atomic E-state index is 13.7. The van der Waals surface area contributed by atoms with E-state index in [1.54, 1.807) is 6.07 Å². The van der Waals surface area contributed by atoms with Crippen molar-refractivity contribution in [3.05, 3.63) is 63.7 Å². The number of nitrogens with two attached hydrogens (primary N) is 1. The van der Waals surface area contributed by atoms with E-state index in [1.165, 1.54) is 12.1 Å². The Morgan fingerprint density at radius 3 is 2.20 bits per heavy atom. The van der Waals surface area contributed by atoms with Crippen LogP contribution in [-0.2, 0) is 6.54 Å². The SMILES string of the molecule is NCc1ccc(Oc2ccc([N+](=O)[O-])cc2F)c(F)c1. The van der Waals surface area contributed by atoms with Gasteiger partial charge in [-0.05, 0) is 23.8 Å². The van der Waals surface area contributed by atoms with Gasteiger partial charge in [-0.2, -0.15) is 0 Å². The Morgan fingerprint density at radius 1 is 1.10 bits per heavy atom. The van der Waals surface area contributed by atoms with Crippen LogP contribution in [-0.4, -0.2) is 4.92 Å². The van der Waals surface area contributed by atoms with Gasteiger partial charge in [-0.25, -0.2) is 8.78 Å². The minimum absolute atomic E-state index is 0.170. The van der Waals surface area contributed by atoms with Gasteiger partial charge in [0.1, 0.15) is 0 Å². The van der Waals surface area contributed by atoms with E-state index in [-0.39, 0.29) is 18.0 Å². The van der Waals surface area contributed by atoms with E-state index in [9.17, 15) is 18.9 Å². The largest absolute Gasteiger partial charge is 0.451 e. The number of nitro groups is 1. The van der Waals surface area contributed by atoms with Crippen molar-refractivity contribution in [1.29, 1.82) is 0 Å². The van der Waals surface area contributed by atoms with Crippen LogP contribution >= 0.6 is 0 Å². The molecule has 0 unspecified atom stereocenters. The lowest BCUT2D eigenvalue weighted by atomic mass is 10.2. The summed E-state index contributed by atoms with van der Waals surface area (Å²) in [5.41, 5.74) is 5.52. The van der Waals surface area contributed by atoms with Crippen LogP contribution in [0.25, 0.3) is 0 Å². The fourth-order valence-corrected chi connectivity index (χ4v) is 1.56. The highest BCUT2D eigenvalue weighted by atomic mass is 19.1. The molecule has 0 amide bonds. The van der Waals surface area contributed by atoms with Crippen molar-refractivity contribution < 1.29 is 18.4 Å². The standard InChI is InChI=1S/C13H10F2N2O3/c14-10-5-8(7-16)1-3-12(10)20-13-4-2-9(17(18)19)6-11(13)15/h1-6H,7,16H2. The first-order valence-corrected chi connectivity index (χ1v) is 5.61. The van der Waals surface area contributed by atoms with Crippen molar-refractivity contribution in [3.8, 4) is 11.5 Å². The summed E-state index contributed by atoms with van der Waals surface area (Å²) in [7, 11) is 0. The molecule has 2 rings (SSSR count). The molecule has 0 bridgehead atoms. The molecule has 0 aromatic heterocycles. The molecule has 0 aliphatic carbocycles. The zero-order valence-corrected chi connectivity index (χ0v) is 10.2. The summed E-state index contributed by atoms with van der Waals surface area (Å²) < 4.78 is 32.3. The summed E-state index contributed by atoms with van der Waals surface area (Å²) in [4.78, 5) is 9.74. The van der Waals surface area contributed by atoms with Crippen LogP contribution < -0.4 is 10.5 Å². The van der Waals surface area contributed by atoms with Gasteiger partial charge in [-0.15, -0.1) is 0 Å². The average molecular weight is 280 g/mol. The lowest BCUT2D eigenvalue weighted by Crippen LogP contribution is -1.98. The molecule has 7 heteroatoms. The molecule has 0 saturated carbocycles. The summed E-state index contributed by atoms with van der Waals surface area (Å²) in [5.74, 6) is -2.11. The molecule has 0 heterocycles. The van der Waals surface area contributed by atoms with E-state index >= 15 is 0 Å². The molecule has 2 N–H and O–H groups in total. The quantitative estimate of drug-likeness (QED) is 0.689. The minimum atomic E-state index is -0.943. The fourth-order valence-electron chi connectivity index (χ4n) is 1.56. The molecule has 0 spiro atoms. The molecule has 5 nitrogen and oxygen atoms in total. The maximum absolute atomic E-state index is 13.7. The molecular formula is C13H10F2N2O3. The van der Waals surface area contributed by atoms with E-state index in [2.05, 4.69) is 0 Å². The number of non-ortho nitro benzene ring substituents is 1. The Labute approximate surface area is 112 Å². The Hall–Kier alpha value is -2.54. The van der Waals surface area contributed by atoms with Crippen LogP contribution in [0.3, 0.4) is 0 Å². The van der Waals surface area contributed by atoms with Crippen molar-refractivity contribution in [3.63, 3.8) is 0 Å². The van der Waals surface area contributed by atoms with Gasteiger partial charge in [0.15, 0.2) is 23.1 Å². The Bertz CT molecular complexity index is 662. The van der Waals surface area contributed by atoms with Gasteiger partial charge in [0.05, 0.1) is 11.0 Å². The minimum Gasteiger partial charge on any atom is -0.451 e. The molecule has 0 saturated heterocycles. The van der Waals surface area contributed by atoms with E-state index in [0.29, 0.717) is 11.6 Å². The summed E-state index contributed by atoms with van der Waals surface area (Å²) in [5, 5.41) is 10.5. The van der Waals surface area contributed by atoms with Crippen molar-refractivity contribution >= 4 is 5.69 Å². The number of ether oxygens (including phenoxy) is 1. The van der Waals surface area contributed by atoms with Gasteiger partial charge < -0.3 is 10.5 Å². The lowest BCUT2D eigenvalue weighted by molar-refractivity contribution is -0.385. The summed E-state index contributed by atoms with van der Waals surface area (Å²) in [6.45, 7) is 0.170. The Kier molecular flexibility index (Phi) is 3.90. The molecule has 0 aliphatic rings. The zero-order valence-electron chi connectivity index (χ0n) is 10.2. The molecule has 0 radical (unpaired) electrons. The van der Waals surface area contributed by atoms with Gasteiger partial charge in [0.25, 0.3) is 5.69 Å². The third-order valence-electron chi connectivity index (χ3n) is 2.58. The number of halogens is 2. The first kappa shape index (κ1) is 13.9. The van der Waals surface area contributed by atoms with Gasteiger partial charge in [0.2, 0.25) is 0 Å². The predicted octanol–water partition coefficient (Wildman–Crippen LogP) is 3.12. The number of hydrogen-bond donors (Lipinski definition) is 1. The van der Waals surface area contributed by atoms with E-state index < -0.39 is 22.2 Å². The number of rotatable bonds is 4. The zero-order chi connectivity index (χ0) is 14.7. The van der Waals surface area contributed by atoms with Crippen LogP contribution in [0.15, 0.2) is 36.4 Å². The summed E-state index contributed by atoms with van der Waals surface area (Å²) in [6, 6.07) is 6.90. The molecule has 104 valence electrons. The molecule has 2 aromatic rings. The predicted molar refractivity (Wildman–Crippen MR) is 67.4 cm³/mol. The van der Waals surface area contributed by atoms with E-state index in [1.807, 2.05) is 0 Å². The first-order valence-electron chi connectivity index (χ1n) is 5.61. The van der Waals surface area contributed by atoms with E-state index in [0.717, 1.165) is 12.1 Å². The number of nitro benzene ring substituents is 1. The number of benzene rings is 2. The summed E-state index contributed by atoms with van der Waals surface area (Å²) in [6.07, 6.45) is 0. The number of hydrogen-bond acceptors (Lipinski definition) is 4. The van der Waals surface area contributed by atoms with Crippen molar-refractivity contribution in [2.45, 2.75) is 6.54 Å². The second kappa shape index (κ2) is 5.62. The second-order valence-corrected chi connectivity index (χ2v) is 3.94. The van der Waals surface area contributed by atoms with Gasteiger partial charge >= 0.3 is 0 Å². The first-order chi connectivity index (χ1) is 9.51. The molecule has 0 atom stereocenters. The van der Waals surface area contributed by atoms with Gasteiger partial charge in [0, 0.05) is 12.6 Å². The third-order valence-corrected chi connectivity index (χ3v) is 2.58. The van der Waals surface area contributed by atoms with Crippen LogP contribution in [0.2, 0.25) is 0 Å². The summed E-state index contributed by atoms with van der Waals surface area (Å²) >= 11 is 0. The fraction of sp³-hybridized carbons (Fsp3) is 0.0769. The lowest BCUT2D eigenvalue weighted by Gasteiger charge is -2.08. The highest BCUT2D eigenvalue weighted by Crippen LogP contribution is 2.29. The average Bonchev–Trinajstić information content (AvgIpc) is 2.42. The topological polar surface area (TPSA) is 78.4 Å². The number of nitrogens with zero attached hydrogens (tertiary/aromatic N) is 1. The third kappa shape index (κ3) is 2.89. The molecule has 0 fully saturated rings. The van der Waals surface area contributed by atoms with E-state index in [4.69, 9.17) is 10.5 Å². The van der Waals surface area contributed by atoms with Crippen molar-refractivity contribution in [1.82, 2.24) is 0 Å². The monoisotopic (exact) mass is 280 g/mol. The molecular weight excluding hydrogens is 270 g/mol. The van der Waals surface area contributed by atoms with Crippen LogP contribution in [0.4, 0.5) is 14.5 Å². The molecule has 0 aliphatic heterocycles. The normalized spacial score (nSPS) is 10.3. The molecule has 20 heavy (non-hydrogen) atoms. The highest BCUT2D eigenvalue weighted by Gasteiger charge is 2.14. The Balaban J connectivity index is 2.28. The Morgan fingerprint density at radius 2 is 1.70 bits per heavy atom. The van der Waals surface area contributed by atoms with Crippen molar-refractivity contribution in [2.75, 3.05) is 0 Å². The highest BCUT2D eigenvalue weighted by molar-refractivity contribution is 5.40. The van der Waals surface area contributed by atoms with Gasteiger partial charge in [-0.1, -0.05) is 6.07 Å². The van der Waals surface area contributed by atoms with Crippen LogP contribution in [0, 0.1) is 21.7 Å². The smallest absolute Gasteiger partial charge is 0.272 e. The van der Waals surface area contributed by atoms with Gasteiger partial charge in [-0.3, -0.25) is 10.1 Å². The maximum Gasteiger partial charge on any atom is 0.272 e. The van der Waals surface area contributed by atoms with Crippen LogP contribution in [0.5, 0.6) is 11.5 Å². The second-order valence-electron chi connectivity index (χ2n) is 3.94. The van der Waals surface area contributed by atoms with Crippen LogP contribution in [0.1, 0.15) is 5.56 Å².